The first-order valence-corrected chi connectivity index (χ1v) is 5.75. The molecule has 0 aromatic heterocycles. The lowest BCUT2D eigenvalue weighted by Crippen LogP contribution is -2.56. The van der Waals surface area contributed by atoms with Crippen LogP contribution in [0.4, 0.5) is 4.79 Å². The molecule has 0 N–H and O–H groups in total. The van der Waals surface area contributed by atoms with Crippen LogP contribution in [0.3, 0.4) is 0 Å². The van der Waals surface area contributed by atoms with Gasteiger partial charge in [0.05, 0.1) is 26.8 Å². The van der Waals surface area contributed by atoms with E-state index in [1.54, 1.807) is 20.9 Å². The van der Waals surface area contributed by atoms with E-state index >= 15 is 0 Å². The number of hydrogen-bond donors (Lipinski definition) is 0. The van der Waals surface area contributed by atoms with Gasteiger partial charge in [0.1, 0.15) is 0 Å². The van der Waals surface area contributed by atoms with Crippen LogP contribution in [-0.4, -0.2) is 49.4 Å². The van der Waals surface area contributed by atoms with E-state index in [0.717, 1.165) is 6.42 Å². The van der Waals surface area contributed by atoms with Gasteiger partial charge < -0.3 is 9.47 Å². The van der Waals surface area contributed by atoms with Crippen molar-refractivity contribution in [2.75, 3.05) is 26.8 Å². The second-order valence-corrected chi connectivity index (χ2v) is 4.10. The third kappa shape index (κ3) is 2.35. The van der Waals surface area contributed by atoms with Gasteiger partial charge in [0, 0.05) is 12.8 Å². The lowest BCUT2D eigenvalue weighted by molar-refractivity contribution is -0.841. The molecule has 92 valence electrons. The summed E-state index contributed by atoms with van der Waals surface area (Å²) in [7, 11) is 1.74. The van der Waals surface area contributed by atoms with E-state index < -0.39 is 6.04 Å². The molecule has 0 spiro atoms. The van der Waals surface area contributed by atoms with E-state index in [4.69, 9.17) is 9.47 Å². The Balaban J connectivity index is 2.77. The standard InChI is InChI=1S/C11H20NO4/c1-4-15-10(13)9-7-6-8-12(9,3)11(14)16-5-2/h9H,4-8H2,1-3H3/q+1. The van der Waals surface area contributed by atoms with Crippen molar-refractivity contribution < 1.29 is 23.5 Å². The molecule has 1 heterocycles. The van der Waals surface area contributed by atoms with E-state index in [9.17, 15) is 9.59 Å². The van der Waals surface area contributed by atoms with Gasteiger partial charge >= 0.3 is 12.1 Å². The van der Waals surface area contributed by atoms with Crippen LogP contribution < -0.4 is 0 Å². The maximum atomic E-state index is 11.8. The smallest absolute Gasteiger partial charge is 0.462 e. The number of esters is 1. The number of nitrogens with zero attached hydrogens (tertiary/aromatic N) is 1. The van der Waals surface area contributed by atoms with E-state index in [1.807, 2.05) is 0 Å². The SMILES string of the molecule is CCOC(=O)C1CCC[N+]1(C)C(=O)OCC. The molecule has 0 radical (unpaired) electrons. The third-order valence-corrected chi connectivity index (χ3v) is 3.03. The number of quaternary nitrogens is 1. The molecule has 16 heavy (non-hydrogen) atoms. The van der Waals surface area contributed by atoms with Crippen LogP contribution in [0.5, 0.6) is 0 Å². The van der Waals surface area contributed by atoms with Crippen LogP contribution >= 0.6 is 0 Å². The van der Waals surface area contributed by atoms with Crippen LogP contribution in [0, 0.1) is 0 Å². The van der Waals surface area contributed by atoms with Gasteiger partial charge in [-0.2, -0.15) is 4.79 Å². The Morgan fingerprint density at radius 2 is 1.88 bits per heavy atom. The lowest BCUT2D eigenvalue weighted by Gasteiger charge is -2.29. The number of likely N-dealkylation sites (N-methyl/N-ethyl adjacent to an activating group) is 1. The maximum Gasteiger partial charge on any atom is 0.516 e. The van der Waals surface area contributed by atoms with Gasteiger partial charge in [-0.05, 0) is 13.8 Å². The Bertz CT molecular complexity index is 279. The Morgan fingerprint density at radius 1 is 1.25 bits per heavy atom. The fourth-order valence-corrected chi connectivity index (χ4v) is 2.13. The molecule has 0 saturated carbocycles. The molecule has 0 aliphatic carbocycles. The lowest BCUT2D eigenvalue weighted by atomic mass is 10.2. The minimum absolute atomic E-state index is 0.0205. The van der Waals surface area contributed by atoms with Crippen molar-refractivity contribution in [3.8, 4) is 0 Å². The monoisotopic (exact) mass is 230 g/mol. The van der Waals surface area contributed by atoms with Crippen LogP contribution in [0.1, 0.15) is 26.7 Å². The summed E-state index contributed by atoms with van der Waals surface area (Å²) in [5.74, 6) is -0.296. The highest BCUT2D eigenvalue weighted by molar-refractivity contribution is 5.77. The topological polar surface area (TPSA) is 52.6 Å². The maximum absolute atomic E-state index is 11.8. The number of likely N-dealkylation sites (tertiary alicyclic amines) is 1. The molecule has 2 unspecified atom stereocenters. The van der Waals surface area contributed by atoms with Gasteiger partial charge in [-0.25, -0.2) is 9.28 Å². The van der Waals surface area contributed by atoms with Gasteiger partial charge in [-0.3, -0.25) is 0 Å². The third-order valence-electron chi connectivity index (χ3n) is 3.03. The zero-order chi connectivity index (χ0) is 12.2. The molecular formula is C11H20NO4+. The predicted molar refractivity (Wildman–Crippen MR) is 57.7 cm³/mol. The van der Waals surface area contributed by atoms with Gasteiger partial charge in [-0.1, -0.05) is 0 Å². The number of hydrogen-bond acceptors (Lipinski definition) is 4. The Labute approximate surface area is 95.9 Å². The molecule has 1 aliphatic heterocycles. The molecule has 1 fully saturated rings. The van der Waals surface area contributed by atoms with Crippen molar-refractivity contribution >= 4 is 12.1 Å². The molecule has 1 rings (SSSR count). The molecule has 2 atom stereocenters. The van der Waals surface area contributed by atoms with Gasteiger partial charge in [-0.15, -0.1) is 0 Å². The van der Waals surface area contributed by atoms with Crippen molar-refractivity contribution in [1.82, 2.24) is 0 Å². The molecule has 1 amide bonds. The second kappa shape index (κ2) is 5.30. The molecule has 0 bridgehead atoms. The second-order valence-electron chi connectivity index (χ2n) is 4.10. The number of rotatable bonds is 3. The fraction of sp³-hybridized carbons (Fsp3) is 0.818. The summed E-state index contributed by atoms with van der Waals surface area (Å²) in [6.45, 7) is 4.85. The first-order chi connectivity index (χ1) is 7.56. The Kier molecular flexibility index (Phi) is 4.29. The molecule has 5 heteroatoms. The minimum atomic E-state index is -0.404. The molecule has 1 saturated heterocycles. The average molecular weight is 230 g/mol. The number of amides is 1. The predicted octanol–water partition coefficient (Wildman–Crippen LogP) is 1.31. The highest BCUT2D eigenvalue weighted by atomic mass is 16.6. The van der Waals surface area contributed by atoms with Crippen molar-refractivity contribution in [2.24, 2.45) is 0 Å². The quantitative estimate of drug-likeness (QED) is 0.542. The summed E-state index contributed by atoms with van der Waals surface area (Å²) in [4.78, 5) is 23.6. The van der Waals surface area contributed by atoms with Crippen LogP contribution in [-0.2, 0) is 14.3 Å². The number of ether oxygens (including phenoxy) is 2. The molecule has 0 aromatic carbocycles. The van der Waals surface area contributed by atoms with Crippen molar-refractivity contribution in [3.63, 3.8) is 0 Å². The van der Waals surface area contributed by atoms with E-state index in [-0.39, 0.29) is 16.5 Å². The zero-order valence-electron chi connectivity index (χ0n) is 10.2. The summed E-state index contributed by atoms with van der Waals surface area (Å²) in [5, 5.41) is 0. The first-order valence-electron chi connectivity index (χ1n) is 5.75. The van der Waals surface area contributed by atoms with Crippen molar-refractivity contribution in [3.05, 3.63) is 0 Å². The minimum Gasteiger partial charge on any atom is -0.462 e. The molecule has 0 aromatic rings. The number of carbonyl (C=O) groups excluding carboxylic acids is 2. The van der Waals surface area contributed by atoms with Crippen molar-refractivity contribution in [1.29, 1.82) is 0 Å². The van der Waals surface area contributed by atoms with E-state index in [2.05, 4.69) is 0 Å². The van der Waals surface area contributed by atoms with E-state index in [1.165, 1.54) is 0 Å². The zero-order valence-corrected chi connectivity index (χ0v) is 10.2. The average Bonchev–Trinajstić information content (AvgIpc) is 2.62. The normalized spacial score (nSPS) is 28.8. The first kappa shape index (κ1) is 13.0. The highest BCUT2D eigenvalue weighted by Crippen LogP contribution is 2.27. The van der Waals surface area contributed by atoms with Crippen LogP contribution in [0.15, 0.2) is 0 Å². The number of carbonyl (C=O) groups is 2. The Hall–Kier alpha value is -1.10. The van der Waals surface area contributed by atoms with Crippen molar-refractivity contribution in [2.45, 2.75) is 32.7 Å². The summed E-state index contributed by atoms with van der Waals surface area (Å²) in [5.41, 5.74) is 0. The fourth-order valence-electron chi connectivity index (χ4n) is 2.13. The highest BCUT2D eigenvalue weighted by Gasteiger charge is 2.50. The summed E-state index contributed by atoms with van der Waals surface area (Å²) in [6.07, 6.45) is 1.20. The van der Waals surface area contributed by atoms with Crippen LogP contribution in [0.25, 0.3) is 0 Å². The molecule has 5 nitrogen and oxygen atoms in total. The summed E-state index contributed by atoms with van der Waals surface area (Å²) < 4.78 is 10.0. The molecular weight excluding hydrogens is 210 g/mol. The van der Waals surface area contributed by atoms with E-state index in [0.29, 0.717) is 26.2 Å². The largest absolute Gasteiger partial charge is 0.516 e. The Morgan fingerprint density at radius 3 is 2.44 bits per heavy atom. The summed E-state index contributed by atoms with van der Waals surface area (Å²) in [6, 6.07) is -0.404. The molecule has 1 aliphatic rings. The van der Waals surface area contributed by atoms with Gasteiger partial charge in [0.15, 0.2) is 6.04 Å². The van der Waals surface area contributed by atoms with Gasteiger partial charge in [0.25, 0.3) is 0 Å². The summed E-state index contributed by atoms with van der Waals surface area (Å²) >= 11 is 0. The van der Waals surface area contributed by atoms with Crippen LogP contribution in [0.2, 0.25) is 0 Å². The van der Waals surface area contributed by atoms with Gasteiger partial charge in [0.2, 0.25) is 0 Å².